The molecule has 2 aromatic rings. The van der Waals surface area contributed by atoms with Crippen molar-refractivity contribution in [2.45, 2.75) is 18.1 Å². The maximum absolute atomic E-state index is 12.3. The molecule has 0 aromatic heterocycles. The number of hydrogen-bond donors (Lipinski definition) is 0. The van der Waals surface area contributed by atoms with Gasteiger partial charge in [-0.25, -0.2) is 4.79 Å². The minimum absolute atomic E-state index is 0.0566. The highest BCUT2D eigenvalue weighted by molar-refractivity contribution is 7.98. The molecule has 0 saturated carbocycles. The number of nitro benzene ring substituents is 1. The van der Waals surface area contributed by atoms with Gasteiger partial charge in [0.2, 0.25) is 0 Å². The Morgan fingerprint density at radius 1 is 1.36 bits per heavy atom. The number of hydrogen-bond acceptors (Lipinski definition) is 7. The Morgan fingerprint density at radius 2 is 2.16 bits per heavy atom. The molecular weight excluding hydrogens is 346 g/mol. The van der Waals surface area contributed by atoms with E-state index < -0.39 is 10.9 Å². The van der Waals surface area contributed by atoms with Gasteiger partial charge < -0.3 is 14.2 Å². The van der Waals surface area contributed by atoms with Crippen molar-refractivity contribution < 1.29 is 23.9 Å². The molecule has 1 aliphatic heterocycles. The van der Waals surface area contributed by atoms with Crippen LogP contribution in [0.15, 0.2) is 41.3 Å². The molecule has 1 aliphatic rings. The predicted octanol–water partition coefficient (Wildman–Crippen LogP) is 3.54. The first kappa shape index (κ1) is 17.2. The number of benzene rings is 2. The smallest absolute Gasteiger partial charge is 0.339 e. The summed E-state index contributed by atoms with van der Waals surface area (Å²) in [5, 5.41) is 11.1. The third-order valence-corrected chi connectivity index (χ3v) is 4.46. The molecule has 130 valence electrons. The van der Waals surface area contributed by atoms with E-state index in [0.29, 0.717) is 22.4 Å². The number of fused-ring (bicyclic) bond motifs is 1. The average molecular weight is 361 g/mol. The number of ether oxygens (including phenoxy) is 3. The molecule has 2 aromatic carbocycles. The summed E-state index contributed by atoms with van der Waals surface area (Å²) in [5.41, 5.74) is 1.38. The number of rotatable bonds is 5. The van der Waals surface area contributed by atoms with Crippen LogP contribution in [0.4, 0.5) is 5.69 Å². The molecule has 8 heteroatoms. The van der Waals surface area contributed by atoms with E-state index in [1.165, 1.54) is 23.9 Å². The summed E-state index contributed by atoms with van der Waals surface area (Å²) in [5.74, 6) is -0.0138. The molecule has 0 fully saturated rings. The van der Waals surface area contributed by atoms with Gasteiger partial charge in [-0.2, -0.15) is 0 Å². The van der Waals surface area contributed by atoms with E-state index in [9.17, 15) is 14.9 Å². The van der Waals surface area contributed by atoms with Gasteiger partial charge in [-0.15, -0.1) is 11.8 Å². The molecule has 1 heterocycles. The molecule has 7 nitrogen and oxygen atoms in total. The first-order valence-electron chi connectivity index (χ1n) is 7.41. The normalized spacial score (nSPS) is 12.8. The second-order valence-electron chi connectivity index (χ2n) is 5.24. The van der Waals surface area contributed by atoms with Crippen molar-refractivity contribution in [2.75, 3.05) is 13.0 Å². The Bertz CT molecular complexity index is 823. The molecule has 0 radical (unpaired) electrons. The van der Waals surface area contributed by atoms with Crippen molar-refractivity contribution in [2.24, 2.45) is 0 Å². The Balaban J connectivity index is 1.84. The van der Waals surface area contributed by atoms with Crippen LogP contribution >= 0.6 is 11.8 Å². The number of thioether (sulfide) groups is 1. The van der Waals surface area contributed by atoms with E-state index in [-0.39, 0.29) is 25.7 Å². The van der Waals surface area contributed by atoms with Gasteiger partial charge in [0.05, 0.1) is 17.1 Å². The fraction of sp³-hybridized carbons (Fsp3) is 0.235. The molecule has 0 atom stereocenters. The molecule has 0 amide bonds. The zero-order valence-corrected chi connectivity index (χ0v) is 14.2. The second-order valence-corrected chi connectivity index (χ2v) is 6.09. The Hall–Kier alpha value is -2.58. The second kappa shape index (κ2) is 7.54. The summed E-state index contributed by atoms with van der Waals surface area (Å²) in [6.07, 6.45) is 1.87. The fourth-order valence-electron chi connectivity index (χ4n) is 2.53. The third kappa shape index (κ3) is 3.75. The molecule has 0 aliphatic carbocycles. The van der Waals surface area contributed by atoms with Crippen LogP contribution < -0.4 is 4.74 Å². The monoisotopic (exact) mass is 361 g/mol. The van der Waals surface area contributed by atoms with Crippen molar-refractivity contribution in [1.29, 1.82) is 0 Å². The lowest BCUT2D eigenvalue weighted by atomic mass is 10.1. The van der Waals surface area contributed by atoms with Gasteiger partial charge in [-0.3, -0.25) is 10.1 Å². The summed E-state index contributed by atoms with van der Waals surface area (Å²) < 4.78 is 15.9. The average Bonchev–Trinajstić information content (AvgIpc) is 2.65. The number of nitro groups is 1. The number of non-ortho nitro benzene ring substituents is 1. The Morgan fingerprint density at radius 3 is 2.92 bits per heavy atom. The van der Waals surface area contributed by atoms with Gasteiger partial charge in [-0.05, 0) is 18.4 Å². The molecule has 0 bridgehead atoms. The van der Waals surface area contributed by atoms with Crippen molar-refractivity contribution in [3.63, 3.8) is 0 Å². The Labute approximate surface area is 148 Å². The van der Waals surface area contributed by atoms with Crippen molar-refractivity contribution in [1.82, 2.24) is 0 Å². The lowest BCUT2D eigenvalue weighted by Crippen LogP contribution is -2.15. The summed E-state index contributed by atoms with van der Waals surface area (Å²) in [7, 11) is 0. The topological polar surface area (TPSA) is 87.9 Å². The minimum atomic E-state index is -0.497. The minimum Gasteiger partial charge on any atom is -0.467 e. The molecule has 25 heavy (non-hydrogen) atoms. The van der Waals surface area contributed by atoms with E-state index in [2.05, 4.69) is 0 Å². The number of carbonyl (C=O) groups is 1. The first-order valence-corrected chi connectivity index (χ1v) is 8.63. The zero-order valence-electron chi connectivity index (χ0n) is 13.4. The number of carbonyl (C=O) groups excluding carboxylic acids is 1. The number of esters is 1. The molecule has 0 spiro atoms. The molecule has 0 saturated heterocycles. The standard InChI is InChI=1S/C17H15NO6S/c1-25-15-5-3-2-4-14(15)17(19)23-9-12-7-13(18(20)21)6-11-8-22-10-24-16(11)12/h2-7H,8-10H2,1H3. The van der Waals surface area contributed by atoms with E-state index in [1.807, 2.05) is 18.4 Å². The van der Waals surface area contributed by atoms with Crippen LogP contribution in [0.1, 0.15) is 21.5 Å². The Kier molecular flexibility index (Phi) is 5.20. The van der Waals surface area contributed by atoms with Gasteiger partial charge >= 0.3 is 5.97 Å². The molecule has 3 rings (SSSR count). The maximum Gasteiger partial charge on any atom is 0.339 e. The molecule has 0 unspecified atom stereocenters. The van der Waals surface area contributed by atoms with Gasteiger partial charge in [0, 0.05) is 28.2 Å². The van der Waals surface area contributed by atoms with Crippen LogP contribution in [0, 0.1) is 10.1 Å². The summed E-state index contributed by atoms with van der Waals surface area (Å²) in [6.45, 7) is 0.153. The van der Waals surface area contributed by atoms with Crippen molar-refractivity contribution in [3.8, 4) is 5.75 Å². The predicted molar refractivity (Wildman–Crippen MR) is 90.7 cm³/mol. The van der Waals surface area contributed by atoms with E-state index in [0.717, 1.165) is 4.90 Å². The summed E-state index contributed by atoms with van der Waals surface area (Å²) in [6, 6.07) is 9.87. The highest BCUT2D eigenvalue weighted by Crippen LogP contribution is 2.33. The third-order valence-electron chi connectivity index (χ3n) is 3.67. The van der Waals surface area contributed by atoms with Crippen LogP contribution in [-0.2, 0) is 22.7 Å². The number of nitrogens with zero attached hydrogens (tertiary/aromatic N) is 1. The summed E-state index contributed by atoms with van der Waals surface area (Å²) >= 11 is 1.44. The summed E-state index contributed by atoms with van der Waals surface area (Å²) in [4.78, 5) is 23.8. The molecule has 0 N–H and O–H groups in total. The largest absolute Gasteiger partial charge is 0.467 e. The van der Waals surface area contributed by atoms with E-state index in [4.69, 9.17) is 14.2 Å². The van der Waals surface area contributed by atoms with Crippen molar-refractivity contribution in [3.05, 3.63) is 63.2 Å². The molecular formula is C17H15NO6S. The van der Waals surface area contributed by atoms with E-state index in [1.54, 1.807) is 12.1 Å². The zero-order chi connectivity index (χ0) is 17.8. The van der Waals surface area contributed by atoms with E-state index >= 15 is 0 Å². The SMILES string of the molecule is CSc1ccccc1C(=O)OCc1cc([N+](=O)[O-])cc2c1OCOC2. The lowest BCUT2D eigenvalue weighted by Gasteiger charge is -2.20. The highest BCUT2D eigenvalue weighted by Gasteiger charge is 2.22. The van der Waals surface area contributed by atoms with Gasteiger partial charge in [0.25, 0.3) is 5.69 Å². The van der Waals surface area contributed by atoms with Crippen LogP contribution in [0.2, 0.25) is 0 Å². The van der Waals surface area contributed by atoms with Crippen molar-refractivity contribution >= 4 is 23.4 Å². The quantitative estimate of drug-likeness (QED) is 0.348. The van der Waals surface area contributed by atoms with Crippen LogP contribution in [0.3, 0.4) is 0 Å². The lowest BCUT2D eigenvalue weighted by molar-refractivity contribution is -0.385. The van der Waals surface area contributed by atoms with Gasteiger partial charge in [0.15, 0.2) is 6.79 Å². The maximum atomic E-state index is 12.3. The van der Waals surface area contributed by atoms with Crippen LogP contribution in [-0.4, -0.2) is 23.9 Å². The van der Waals surface area contributed by atoms with Gasteiger partial charge in [0.1, 0.15) is 12.4 Å². The highest BCUT2D eigenvalue weighted by atomic mass is 32.2. The fourth-order valence-corrected chi connectivity index (χ4v) is 3.11. The first-order chi connectivity index (χ1) is 12.1. The van der Waals surface area contributed by atoms with Crippen LogP contribution in [0.25, 0.3) is 0 Å². The van der Waals surface area contributed by atoms with Crippen LogP contribution in [0.5, 0.6) is 5.75 Å². The van der Waals surface area contributed by atoms with Gasteiger partial charge in [-0.1, -0.05) is 12.1 Å².